The number of carbonyl (C=O) groups excluding carboxylic acids is 1. The van der Waals surface area contributed by atoms with E-state index in [4.69, 9.17) is 12.2 Å². The van der Waals surface area contributed by atoms with Gasteiger partial charge in [0.15, 0.2) is 4.32 Å². The summed E-state index contributed by atoms with van der Waals surface area (Å²) in [6, 6.07) is 10.9. The summed E-state index contributed by atoms with van der Waals surface area (Å²) >= 11 is 6.29. The van der Waals surface area contributed by atoms with Crippen LogP contribution in [0.2, 0.25) is 0 Å². The maximum absolute atomic E-state index is 12.6. The van der Waals surface area contributed by atoms with Crippen LogP contribution in [0, 0.1) is 17.0 Å². The summed E-state index contributed by atoms with van der Waals surface area (Å²) in [5.41, 5.74) is 1.67. The van der Waals surface area contributed by atoms with Crippen LogP contribution in [0.1, 0.15) is 16.7 Å². The summed E-state index contributed by atoms with van der Waals surface area (Å²) in [5.74, 6) is -0.854. The molecule has 1 fully saturated rings. The smallest absolute Gasteiger partial charge is 0.286 e. The first-order valence-electron chi connectivity index (χ1n) is 7.70. The van der Waals surface area contributed by atoms with Crippen LogP contribution in [-0.4, -0.2) is 26.4 Å². The molecule has 2 aromatic rings. The van der Waals surface area contributed by atoms with Crippen LogP contribution >= 0.6 is 24.0 Å². The van der Waals surface area contributed by atoms with Crippen LogP contribution in [0.5, 0.6) is 5.75 Å². The second-order valence-electron chi connectivity index (χ2n) is 5.57. The number of amides is 1. The van der Waals surface area contributed by atoms with Crippen LogP contribution < -0.4 is 5.11 Å². The van der Waals surface area contributed by atoms with Gasteiger partial charge in [-0.1, -0.05) is 47.8 Å². The summed E-state index contributed by atoms with van der Waals surface area (Å²) in [4.78, 5) is 23.2. The fourth-order valence-electron chi connectivity index (χ4n) is 2.32. The lowest BCUT2D eigenvalue weighted by atomic mass is 10.1. The van der Waals surface area contributed by atoms with Gasteiger partial charge in [0.25, 0.3) is 11.6 Å². The highest BCUT2D eigenvalue weighted by Gasteiger charge is 2.32. The number of nitro benzene ring substituents is 1. The highest BCUT2D eigenvalue weighted by Crippen LogP contribution is 2.33. The van der Waals surface area contributed by atoms with Crippen LogP contribution in [0.4, 0.5) is 5.69 Å². The number of aryl methyl sites for hydroxylation is 1. The third-order valence-corrected chi connectivity index (χ3v) is 5.05. The van der Waals surface area contributed by atoms with E-state index in [2.05, 4.69) is 5.10 Å². The largest absolute Gasteiger partial charge is 0.872 e. The molecule has 0 atom stereocenters. The van der Waals surface area contributed by atoms with Gasteiger partial charge in [-0.2, -0.15) is 10.1 Å². The van der Waals surface area contributed by atoms with Gasteiger partial charge in [0.1, 0.15) is 0 Å². The molecule has 1 aliphatic rings. The Hall–Kier alpha value is -3.04. The molecule has 9 heteroatoms. The minimum atomic E-state index is -0.610. The van der Waals surface area contributed by atoms with Crippen molar-refractivity contribution in [2.45, 2.75) is 6.92 Å². The summed E-state index contributed by atoms with van der Waals surface area (Å²) in [7, 11) is 0. The fraction of sp³-hybridized carbons (Fsp3) is 0.0556. The summed E-state index contributed by atoms with van der Waals surface area (Å²) in [6.07, 6.45) is 2.84. The second-order valence-corrected chi connectivity index (χ2v) is 7.25. The van der Waals surface area contributed by atoms with Crippen LogP contribution in [0.3, 0.4) is 0 Å². The Morgan fingerprint density at radius 3 is 2.67 bits per heavy atom. The zero-order valence-corrected chi connectivity index (χ0v) is 15.6. The van der Waals surface area contributed by atoms with E-state index >= 15 is 0 Å². The third-order valence-electron chi connectivity index (χ3n) is 3.76. The zero-order valence-electron chi connectivity index (χ0n) is 14.0. The molecule has 0 saturated carbocycles. The average Bonchev–Trinajstić information content (AvgIpc) is 2.89. The number of nitrogens with zero attached hydrogens (tertiary/aromatic N) is 3. The van der Waals surface area contributed by atoms with E-state index in [0.29, 0.717) is 4.91 Å². The van der Waals surface area contributed by atoms with E-state index in [0.717, 1.165) is 52.3 Å². The van der Waals surface area contributed by atoms with E-state index in [9.17, 15) is 20.0 Å². The Bertz CT molecular complexity index is 1020. The molecule has 1 heterocycles. The zero-order chi connectivity index (χ0) is 19.6. The van der Waals surface area contributed by atoms with Crippen molar-refractivity contribution >= 4 is 52.2 Å². The number of rotatable bonds is 4. The van der Waals surface area contributed by atoms with Crippen molar-refractivity contribution in [1.29, 1.82) is 0 Å². The summed E-state index contributed by atoms with van der Waals surface area (Å²) in [6.45, 7) is 1.93. The number of non-ortho nitro benzene ring substituents is 1. The standard InChI is InChI=1S/C18H13N3O4S2/c1-11-4-2-3-5-12(11)9-16-17(23)20(18(26)27-16)19-10-13-8-14(21(24)25)6-7-15(13)22/h2-10,22H,1H3/p-1/b16-9-,19-10-. The minimum Gasteiger partial charge on any atom is -0.872 e. The molecule has 0 aliphatic carbocycles. The molecular weight excluding hydrogens is 386 g/mol. The molecule has 0 aromatic heterocycles. The Morgan fingerprint density at radius 1 is 1.22 bits per heavy atom. The highest BCUT2D eigenvalue weighted by molar-refractivity contribution is 8.26. The number of hydrogen-bond donors (Lipinski definition) is 0. The predicted octanol–water partition coefficient (Wildman–Crippen LogP) is 3.21. The predicted molar refractivity (Wildman–Crippen MR) is 106 cm³/mol. The number of thioether (sulfide) groups is 1. The van der Waals surface area contributed by atoms with E-state index in [1.807, 2.05) is 31.2 Å². The number of thiocarbonyl (C=S) groups is 1. The van der Waals surface area contributed by atoms with Gasteiger partial charge in [-0.3, -0.25) is 14.9 Å². The van der Waals surface area contributed by atoms with E-state index in [-0.39, 0.29) is 15.6 Å². The molecule has 1 amide bonds. The van der Waals surface area contributed by atoms with Crippen LogP contribution in [0.25, 0.3) is 6.08 Å². The molecule has 0 unspecified atom stereocenters. The van der Waals surface area contributed by atoms with Gasteiger partial charge in [0.05, 0.1) is 16.0 Å². The van der Waals surface area contributed by atoms with Gasteiger partial charge in [-0.05, 0) is 41.9 Å². The average molecular weight is 398 g/mol. The molecule has 0 N–H and O–H groups in total. The molecule has 3 rings (SSSR count). The molecule has 27 heavy (non-hydrogen) atoms. The number of nitro groups is 1. The molecular formula is C18H12N3O4S2-. The fourth-order valence-corrected chi connectivity index (χ4v) is 3.48. The minimum absolute atomic E-state index is 0.00105. The lowest BCUT2D eigenvalue weighted by molar-refractivity contribution is -0.385. The van der Waals surface area contributed by atoms with Crippen molar-refractivity contribution in [2.24, 2.45) is 5.10 Å². The first kappa shape index (κ1) is 18.7. The molecule has 0 bridgehead atoms. The summed E-state index contributed by atoms with van der Waals surface area (Å²) < 4.78 is 0.217. The van der Waals surface area contributed by atoms with Crippen molar-refractivity contribution in [1.82, 2.24) is 5.01 Å². The lowest BCUT2D eigenvalue weighted by Crippen LogP contribution is -2.22. The van der Waals surface area contributed by atoms with Crippen molar-refractivity contribution in [3.8, 4) is 5.75 Å². The Balaban J connectivity index is 1.86. The van der Waals surface area contributed by atoms with Gasteiger partial charge in [0.2, 0.25) is 0 Å². The third kappa shape index (κ3) is 4.04. The lowest BCUT2D eigenvalue weighted by Gasteiger charge is -2.10. The van der Waals surface area contributed by atoms with Crippen LogP contribution in [-0.2, 0) is 4.79 Å². The van der Waals surface area contributed by atoms with Gasteiger partial charge >= 0.3 is 0 Å². The molecule has 1 aliphatic heterocycles. The van der Waals surface area contributed by atoms with Crippen molar-refractivity contribution in [3.05, 3.63) is 74.2 Å². The monoisotopic (exact) mass is 398 g/mol. The maximum atomic E-state index is 12.6. The SMILES string of the molecule is Cc1ccccc1/C=C1\SC(=S)N(/N=C\c2cc([N+](=O)[O-])ccc2[O-])C1=O. The molecule has 0 spiro atoms. The highest BCUT2D eigenvalue weighted by atomic mass is 32.2. The van der Waals surface area contributed by atoms with Crippen molar-refractivity contribution in [2.75, 3.05) is 0 Å². The van der Waals surface area contributed by atoms with Crippen molar-refractivity contribution < 1.29 is 14.8 Å². The quantitative estimate of drug-likeness (QED) is 0.258. The molecule has 136 valence electrons. The topological polar surface area (TPSA) is 98.9 Å². The van der Waals surface area contributed by atoms with E-state index in [1.54, 1.807) is 6.08 Å². The number of hydrazone groups is 1. The molecule has 0 radical (unpaired) electrons. The number of hydrogen-bond acceptors (Lipinski definition) is 7. The Morgan fingerprint density at radius 2 is 1.96 bits per heavy atom. The first-order chi connectivity index (χ1) is 12.9. The second kappa shape index (κ2) is 7.68. The van der Waals surface area contributed by atoms with Crippen molar-refractivity contribution in [3.63, 3.8) is 0 Å². The Labute approximate surface area is 164 Å². The molecule has 7 nitrogen and oxygen atoms in total. The van der Waals surface area contributed by atoms with Crippen LogP contribution in [0.15, 0.2) is 52.5 Å². The van der Waals surface area contributed by atoms with E-state index in [1.165, 1.54) is 0 Å². The molecule has 2 aromatic carbocycles. The number of benzene rings is 2. The molecule has 1 saturated heterocycles. The number of carbonyl (C=O) groups is 1. The van der Waals surface area contributed by atoms with Gasteiger partial charge < -0.3 is 5.11 Å². The first-order valence-corrected chi connectivity index (χ1v) is 8.92. The van der Waals surface area contributed by atoms with E-state index < -0.39 is 16.6 Å². The maximum Gasteiger partial charge on any atom is 0.286 e. The normalized spacial score (nSPS) is 15.9. The summed E-state index contributed by atoms with van der Waals surface area (Å²) in [5, 5.41) is 27.6. The Kier molecular flexibility index (Phi) is 5.33. The van der Waals surface area contributed by atoms with Gasteiger partial charge in [0, 0.05) is 12.1 Å². The van der Waals surface area contributed by atoms with Gasteiger partial charge in [-0.15, -0.1) is 0 Å². The van der Waals surface area contributed by atoms with Gasteiger partial charge in [-0.25, -0.2) is 0 Å².